The molecule has 4 rings (SSSR count). The molecule has 4 aliphatic carbocycles. The van der Waals surface area contributed by atoms with Gasteiger partial charge in [-0.15, -0.1) is 0 Å². The van der Waals surface area contributed by atoms with Crippen LogP contribution >= 0.6 is 0 Å². The lowest BCUT2D eigenvalue weighted by atomic mass is 9.45. The predicted molar refractivity (Wildman–Crippen MR) is 93.2 cm³/mol. The molecule has 0 radical (unpaired) electrons. The Labute approximate surface area is 145 Å². The lowest BCUT2D eigenvalue weighted by Crippen LogP contribution is -2.54. The quantitative estimate of drug-likeness (QED) is 0.581. The number of hydrogen-bond donors (Lipinski definition) is 1. The van der Waals surface area contributed by atoms with Gasteiger partial charge in [0.2, 0.25) is 0 Å². The predicted octanol–water partition coefficient (Wildman–Crippen LogP) is 4.10. The second-order valence-corrected chi connectivity index (χ2v) is 9.48. The standard InChI is InChI=1S/C21H32O3/c1-20-9-8-17-15(16(20)6-7-19(20)23)5-4-14-10-18(22)13(12-24-3)11-21(14,17)2/h12,14-17,19,23H,4-11H2,1-3H3/b13-12+/t14-,15-,16-,17+,19+,20-,21-/m0/s1. The van der Waals surface area contributed by atoms with Crippen LogP contribution in [0.5, 0.6) is 0 Å². The van der Waals surface area contributed by atoms with Crippen molar-refractivity contribution in [2.24, 2.45) is 34.5 Å². The average molecular weight is 332 g/mol. The fourth-order valence-electron chi connectivity index (χ4n) is 7.23. The average Bonchev–Trinajstić information content (AvgIpc) is 2.85. The van der Waals surface area contributed by atoms with Crippen LogP contribution < -0.4 is 0 Å². The SMILES string of the molecule is CO/C=C1\C[C@@]2(C)[C@@H](CC[C@@H]3[C@H]2CC[C@]2(C)[C@H](O)CC[C@@H]32)CC1=O. The largest absolute Gasteiger partial charge is 0.504 e. The van der Waals surface area contributed by atoms with E-state index in [1.807, 2.05) is 0 Å². The van der Waals surface area contributed by atoms with E-state index in [4.69, 9.17) is 4.74 Å². The van der Waals surface area contributed by atoms with Crippen LogP contribution in [0.4, 0.5) is 0 Å². The lowest BCUT2D eigenvalue weighted by Gasteiger charge is -2.60. The molecule has 0 heterocycles. The van der Waals surface area contributed by atoms with Crippen molar-refractivity contribution < 1.29 is 14.6 Å². The number of hydrogen-bond acceptors (Lipinski definition) is 3. The Hall–Kier alpha value is -0.830. The van der Waals surface area contributed by atoms with E-state index in [-0.39, 0.29) is 16.9 Å². The number of carbonyl (C=O) groups excluding carboxylic acids is 1. The highest BCUT2D eigenvalue weighted by Crippen LogP contribution is 2.66. The first kappa shape index (κ1) is 16.6. The molecule has 0 amide bonds. The molecular formula is C21H32O3. The van der Waals surface area contributed by atoms with Gasteiger partial charge in [0.25, 0.3) is 0 Å². The van der Waals surface area contributed by atoms with Crippen LogP contribution in [0.25, 0.3) is 0 Å². The van der Waals surface area contributed by atoms with Crippen molar-refractivity contribution in [3.05, 3.63) is 11.8 Å². The molecule has 3 heteroatoms. The number of allylic oxidation sites excluding steroid dienone is 1. The summed E-state index contributed by atoms with van der Waals surface area (Å²) in [5.74, 6) is 2.95. The molecule has 0 aromatic rings. The zero-order valence-electron chi connectivity index (χ0n) is 15.4. The Morgan fingerprint density at radius 2 is 1.83 bits per heavy atom. The number of methoxy groups -OCH3 is 1. The molecule has 0 aliphatic heterocycles. The number of ketones is 1. The molecule has 3 nitrogen and oxygen atoms in total. The Morgan fingerprint density at radius 3 is 2.58 bits per heavy atom. The molecular weight excluding hydrogens is 300 g/mol. The summed E-state index contributed by atoms with van der Waals surface area (Å²) < 4.78 is 5.20. The summed E-state index contributed by atoms with van der Waals surface area (Å²) in [5, 5.41) is 10.5. The molecule has 0 aromatic heterocycles. The fourth-order valence-corrected chi connectivity index (χ4v) is 7.23. The van der Waals surface area contributed by atoms with Gasteiger partial charge in [0.05, 0.1) is 19.5 Å². The van der Waals surface area contributed by atoms with Crippen LogP contribution in [0.2, 0.25) is 0 Å². The topological polar surface area (TPSA) is 46.5 Å². The van der Waals surface area contributed by atoms with Gasteiger partial charge in [-0.2, -0.15) is 0 Å². The van der Waals surface area contributed by atoms with Crippen LogP contribution in [0, 0.1) is 34.5 Å². The second kappa shape index (κ2) is 5.59. The Morgan fingerprint density at radius 1 is 1.08 bits per heavy atom. The summed E-state index contributed by atoms with van der Waals surface area (Å²) >= 11 is 0. The minimum absolute atomic E-state index is 0.106. The van der Waals surface area contributed by atoms with E-state index >= 15 is 0 Å². The first-order valence-electron chi connectivity index (χ1n) is 9.83. The zero-order chi connectivity index (χ0) is 17.1. The van der Waals surface area contributed by atoms with Crippen molar-refractivity contribution in [3.8, 4) is 0 Å². The van der Waals surface area contributed by atoms with Crippen molar-refractivity contribution in [2.75, 3.05) is 7.11 Å². The Kier molecular flexibility index (Phi) is 3.87. The van der Waals surface area contributed by atoms with Crippen LogP contribution in [0.15, 0.2) is 11.8 Å². The fraction of sp³-hybridized carbons (Fsp3) is 0.857. The molecule has 7 atom stereocenters. The molecule has 1 N–H and O–H groups in total. The molecule has 0 aromatic carbocycles. The van der Waals surface area contributed by atoms with Crippen molar-refractivity contribution in [3.63, 3.8) is 0 Å². The van der Waals surface area contributed by atoms with Crippen molar-refractivity contribution in [1.82, 2.24) is 0 Å². The third-order valence-corrected chi connectivity index (χ3v) is 8.64. The highest BCUT2D eigenvalue weighted by atomic mass is 16.5. The lowest BCUT2D eigenvalue weighted by molar-refractivity contribution is -0.135. The Bertz CT molecular complexity index is 567. The van der Waals surface area contributed by atoms with Gasteiger partial charge < -0.3 is 9.84 Å². The van der Waals surface area contributed by atoms with Gasteiger partial charge in [-0.1, -0.05) is 13.8 Å². The van der Waals surface area contributed by atoms with E-state index in [1.54, 1.807) is 13.4 Å². The number of fused-ring (bicyclic) bond motifs is 5. The molecule has 0 bridgehead atoms. The summed E-state index contributed by atoms with van der Waals surface area (Å²) in [7, 11) is 1.64. The maximum atomic E-state index is 12.4. The van der Waals surface area contributed by atoms with Gasteiger partial charge in [0.15, 0.2) is 5.78 Å². The van der Waals surface area contributed by atoms with Gasteiger partial charge in [-0.05, 0) is 79.4 Å². The van der Waals surface area contributed by atoms with Crippen molar-refractivity contribution in [2.45, 2.75) is 71.3 Å². The monoisotopic (exact) mass is 332 g/mol. The van der Waals surface area contributed by atoms with E-state index in [0.29, 0.717) is 30.0 Å². The van der Waals surface area contributed by atoms with Crippen molar-refractivity contribution >= 4 is 5.78 Å². The van der Waals surface area contributed by atoms with Crippen LogP contribution in [-0.4, -0.2) is 24.1 Å². The first-order chi connectivity index (χ1) is 11.4. The van der Waals surface area contributed by atoms with Crippen LogP contribution in [0.3, 0.4) is 0 Å². The van der Waals surface area contributed by atoms with E-state index in [1.165, 1.54) is 25.7 Å². The summed E-state index contributed by atoms with van der Waals surface area (Å²) in [6.07, 6.45) is 10.2. The van der Waals surface area contributed by atoms with Gasteiger partial charge >= 0.3 is 0 Å². The van der Waals surface area contributed by atoms with E-state index in [9.17, 15) is 9.90 Å². The van der Waals surface area contributed by atoms with Gasteiger partial charge in [0, 0.05) is 12.0 Å². The minimum Gasteiger partial charge on any atom is -0.504 e. The summed E-state index contributed by atoms with van der Waals surface area (Å²) in [5.41, 5.74) is 1.27. The number of aliphatic hydroxyl groups excluding tert-OH is 1. The smallest absolute Gasteiger partial charge is 0.162 e. The first-order valence-corrected chi connectivity index (χ1v) is 9.83. The van der Waals surface area contributed by atoms with Gasteiger partial charge in [-0.3, -0.25) is 4.79 Å². The number of Topliss-reactive ketones (excluding diaryl/α,β-unsaturated/α-hetero) is 1. The molecule has 0 saturated heterocycles. The van der Waals surface area contributed by atoms with Crippen LogP contribution in [-0.2, 0) is 9.53 Å². The molecule has 4 aliphatic rings. The number of rotatable bonds is 1. The summed E-state index contributed by atoms with van der Waals surface area (Å²) in [6, 6.07) is 0. The zero-order valence-corrected chi connectivity index (χ0v) is 15.4. The Balaban J connectivity index is 1.65. The minimum atomic E-state index is -0.106. The maximum absolute atomic E-state index is 12.4. The summed E-state index contributed by atoms with van der Waals surface area (Å²) in [6.45, 7) is 4.78. The molecule has 0 spiro atoms. The number of carbonyl (C=O) groups is 1. The number of ether oxygens (including phenoxy) is 1. The van der Waals surface area contributed by atoms with Gasteiger partial charge in [0.1, 0.15) is 0 Å². The maximum Gasteiger partial charge on any atom is 0.162 e. The molecule has 24 heavy (non-hydrogen) atoms. The molecule has 0 unspecified atom stereocenters. The number of aliphatic hydroxyl groups is 1. The molecule has 134 valence electrons. The third-order valence-electron chi connectivity index (χ3n) is 8.64. The summed E-state index contributed by atoms with van der Waals surface area (Å²) in [4.78, 5) is 12.4. The van der Waals surface area contributed by atoms with E-state index in [0.717, 1.165) is 30.8 Å². The third kappa shape index (κ3) is 2.16. The highest BCUT2D eigenvalue weighted by Gasteiger charge is 2.60. The second-order valence-electron chi connectivity index (χ2n) is 9.48. The molecule has 4 fully saturated rings. The highest BCUT2D eigenvalue weighted by molar-refractivity contribution is 5.96. The van der Waals surface area contributed by atoms with Crippen LogP contribution in [0.1, 0.15) is 65.2 Å². The van der Waals surface area contributed by atoms with Gasteiger partial charge in [-0.25, -0.2) is 0 Å². The normalized spacial score (nSPS) is 52.6. The van der Waals surface area contributed by atoms with E-state index < -0.39 is 0 Å². The van der Waals surface area contributed by atoms with Crippen molar-refractivity contribution in [1.29, 1.82) is 0 Å². The van der Waals surface area contributed by atoms with E-state index in [2.05, 4.69) is 13.8 Å². The molecule has 4 saturated carbocycles.